The van der Waals surface area contributed by atoms with Gasteiger partial charge in [0.15, 0.2) is 0 Å². The van der Waals surface area contributed by atoms with Crippen LogP contribution in [0.1, 0.15) is 31.1 Å². The van der Waals surface area contributed by atoms with Crippen LogP contribution < -0.4 is 5.73 Å². The third-order valence-corrected chi connectivity index (χ3v) is 2.73. The van der Waals surface area contributed by atoms with E-state index in [-0.39, 0.29) is 23.5 Å². The molecule has 0 atom stereocenters. The highest BCUT2D eigenvalue weighted by Crippen LogP contribution is 2.26. The Hall–Kier alpha value is -2.15. The van der Waals surface area contributed by atoms with E-state index in [9.17, 15) is 20.0 Å². The topological polar surface area (TPSA) is 110 Å². The molecule has 0 spiro atoms. The maximum atomic E-state index is 12.4. The summed E-state index contributed by atoms with van der Waals surface area (Å²) in [5, 5.41) is 20.8. The van der Waals surface area contributed by atoms with Gasteiger partial charge in [-0.05, 0) is 26.8 Å². The Kier molecular flexibility index (Phi) is 4.67. The number of nitrogens with zero attached hydrogens (tertiary/aromatic N) is 2. The van der Waals surface area contributed by atoms with Crippen LogP contribution in [-0.4, -0.2) is 39.5 Å². The lowest BCUT2D eigenvalue weighted by Crippen LogP contribution is -2.42. The van der Waals surface area contributed by atoms with Crippen LogP contribution in [0.4, 0.5) is 11.4 Å². The van der Waals surface area contributed by atoms with Gasteiger partial charge in [-0.1, -0.05) is 6.07 Å². The molecule has 0 radical (unpaired) electrons. The second-order valence-corrected chi connectivity index (χ2v) is 5.13. The van der Waals surface area contributed by atoms with Crippen molar-refractivity contribution in [1.82, 2.24) is 4.90 Å². The molecule has 0 aliphatic heterocycles. The van der Waals surface area contributed by atoms with Gasteiger partial charge in [0, 0.05) is 19.2 Å². The molecule has 0 saturated heterocycles. The van der Waals surface area contributed by atoms with Gasteiger partial charge in [-0.25, -0.2) is 0 Å². The van der Waals surface area contributed by atoms with E-state index in [2.05, 4.69) is 0 Å². The number of hydrogen-bond acceptors (Lipinski definition) is 5. The SMILES string of the molecule is CCN(CC(C)(C)O)C(=O)c1c(N)cccc1[N+](=O)[O-]. The molecule has 1 aromatic carbocycles. The maximum Gasteiger partial charge on any atom is 0.284 e. The van der Waals surface area contributed by atoms with Gasteiger partial charge < -0.3 is 15.7 Å². The Morgan fingerprint density at radius 1 is 1.50 bits per heavy atom. The van der Waals surface area contributed by atoms with Crippen LogP contribution in [0.5, 0.6) is 0 Å². The first-order valence-electron chi connectivity index (χ1n) is 6.22. The van der Waals surface area contributed by atoms with Crippen molar-refractivity contribution >= 4 is 17.3 Å². The second-order valence-electron chi connectivity index (χ2n) is 5.13. The average Bonchev–Trinajstić information content (AvgIpc) is 2.33. The summed E-state index contributed by atoms with van der Waals surface area (Å²) in [6.07, 6.45) is 0. The van der Waals surface area contributed by atoms with E-state index < -0.39 is 16.4 Å². The normalized spacial score (nSPS) is 11.2. The highest BCUT2D eigenvalue weighted by atomic mass is 16.6. The van der Waals surface area contributed by atoms with Crippen LogP contribution >= 0.6 is 0 Å². The largest absolute Gasteiger partial charge is 0.398 e. The summed E-state index contributed by atoms with van der Waals surface area (Å²) in [6.45, 7) is 5.23. The Morgan fingerprint density at radius 3 is 2.55 bits per heavy atom. The number of amides is 1. The molecule has 0 fully saturated rings. The summed E-state index contributed by atoms with van der Waals surface area (Å²) in [7, 11) is 0. The van der Waals surface area contributed by atoms with Gasteiger partial charge in [-0.15, -0.1) is 0 Å². The molecule has 110 valence electrons. The van der Waals surface area contributed by atoms with Gasteiger partial charge in [0.25, 0.3) is 11.6 Å². The predicted molar refractivity (Wildman–Crippen MR) is 75.4 cm³/mol. The molecular weight excluding hydrogens is 262 g/mol. The summed E-state index contributed by atoms with van der Waals surface area (Å²) >= 11 is 0. The number of hydrogen-bond donors (Lipinski definition) is 2. The van der Waals surface area contributed by atoms with Gasteiger partial charge in [0.05, 0.1) is 16.2 Å². The van der Waals surface area contributed by atoms with Crippen LogP contribution in [0.15, 0.2) is 18.2 Å². The minimum absolute atomic E-state index is 0.0541. The fraction of sp³-hybridized carbons (Fsp3) is 0.462. The van der Waals surface area contributed by atoms with Gasteiger partial charge in [0.1, 0.15) is 5.56 Å². The number of anilines is 1. The van der Waals surface area contributed by atoms with Gasteiger partial charge in [0.2, 0.25) is 0 Å². The van der Waals surface area contributed by atoms with E-state index >= 15 is 0 Å². The number of nitrogens with two attached hydrogens (primary N) is 1. The zero-order valence-corrected chi connectivity index (χ0v) is 11.8. The van der Waals surface area contributed by atoms with Crippen LogP contribution in [0.25, 0.3) is 0 Å². The lowest BCUT2D eigenvalue weighted by molar-refractivity contribution is -0.385. The smallest absolute Gasteiger partial charge is 0.284 e. The van der Waals surface area contributed by atoms with Crippen molar-refractivity contribution in [2.24, 2.45) is 0 Å². The Morgan fingerprint density at radius 2 is 2.10 bits per heavy atom. The Balaban J connectivity index is 3.22. The standard InChI is InChI=1S/C13H19N3O4/c1-4-15(8-13(2,3)18)12(17)11-9(14)6-5-7-10(11)16(19)20/h5-7,18H,4,8,14H2,1-3H3. The first-order chi connectivity index (χ1) is 9.17. The summed E-state index contributed by atoms with van der Waals surface area (Å²) in [5.41, 5.74) is 4.20. The number of nitro groups is 1. The number of carbonyl (C=O) groups is 1. The Bertz CT molecular complexity index is 523. The fourth-order valence-corrected chi connectivity index (χ4v) is 1.90. The first-order valence-corrected chi connectivity index (χ1v) is 6.22. The zero-order valence-electron chi connectivity index (χ0n) is 11.8. The molecule has 0 aliphatic rings. The number of nitro benzene ring substituents is 1. The molecule has 1 rings (SSSR count). The van der Waals surface area contributed by atoms with Crippen LogP contribution in [0, 0.1) is 10.1 Å². The molecule has 1 amide bonds. The van der Waals surface area contributed by atoms with E-state index in [0.717, 1.165) is 0 Å². The fourth-order valence-electron chi connectivity index (χ4n) is 1.90. The molecule has 0 aromatic heterocycles. The number of nitrogen functional groups attached to an aromatic ring is 1. The van der Waals surface area contributed by atoms with Crippen molar-refractivity contribution in [3.63, 3.8) is 0 Å². The molecule has 7 nitrogen and oxygen atoms in total. The molecule has 3 N–H and O–H groups in total. The summed E-state index contributed by atoms with van der Waals surface area (Å²) < 4.78 is 0. The van der Waals surface area contributed by atoms with E-state index in [1.54, 1.807) is 20.8 Å². The van der Waals surface area contributed by atoms with Crippen molar-refractivity contribution < 1.29 is 14.8 Å². The molecule has 0 unspecified atom stereocenters. The van der Waals surface area contributed by atoms with Crippen LogP contribution in [0.2, 0.25) is 0 Å². The first kappa shape index (κ1) is 15.9. The molecule has 0 saturated carbocycles. The molecule has 0 bridgehead atoms. The Labute approximate surface area is 117 Å². The van der Waals surface area contributed by atoms with Crippen LogP contribution in [0.3, 0.4) is 0 Å². The summed E-state index contributed by atoms with van der Waals surface area (Å²) in [5.74, 6) is -0.556. The number of aliphatic hydroxyl groups is 1. The molecule has 7 heteroatoms. The van der Waals surface area contributed by atoms with Crippen molar-refractivity contribution in [2.75, 3.05) is 18.8 Å². The summed E-state index contributed by atoms with van der Waals surface area (Å²) in [6, 6.07) is 4.11. The molecule has 20 heavy (non-hydrogen) atoms. The number of likely N-dealkylation sites (N-methyl/N-ethyl adjacent to an activating group) is 1. The number of rotatable bonds is 5. The van der Waals surface area contributed by atoms with E-state index in [1.165, 1.54) is 23.1 Å². The lowest BCUT2D eigenvalue weighted by Gasteiger charge is -2.28. The van der Waals surface area contributed by atoms with Crippen LogP contribution in [-0.2, 0) is 0 Å². The number of carbonyl (C=O) groups excluding carboxylic acids is 1. The van der Waals surface area contributed by atoms with E-state index in [4.69, 9.17) is 5.73 Å². The highest BCUT2D eigenvalue weighted by molar-refractivity contribution is 6.03. The van der Waals surface area contributed by atoms with Gasteiger partial charge >= 0.3 is 0 Å². The van der Waals surface area contributed by atoms with E-state index in [1.807, 2.05) is 0 Å². The zero-order chi connectivity index (χ0) is 15.5. The highest BCUT2D eigenvalue weighted by Gasteiger charge is 2.29. The minimum atomic E-state index is -1.09. The van der Waals surface area contributed by atoms with Crippen molar-refractivity contribution in [3.8, 4) is 0 Å². The molecular formula is C13H19N3O4. The van der Waals surface area contributed by atoms with Crippen molar-refractivity contribution in [2.45, 2.75) is 26.4 Å². The quantitative estimate of drug-likeness (QED) is 0.481. The average molecular weight is 281 g/mol. The molecule has 0 heterocycles. The molecule has 0 aliphatic carbocycles. The van der Waals surface area contributed by atoms with Crippen molar-refractivity contribution in [1.29, 1.82) is 0 Å². The lowest BCUT2D eigenvalue weighted by atomic mass is 10.1. The third kappa shape index (κ3) is 3.67. The van der Waals surface area contributed by atoms with Crippen molar-refractivity contribution in [3.05, 3.63) is 33.9 Å². The van der Waals surface area contributed by atoms with E-state index in [0.29, 0.717) is 6.54 Å². The second kappa shape index (κ2) is 5.87. The predicted octanol–water partition coefficient (Wildman–Crippen LogP) is 1.41. The molecule has 1 aromatic rings. The van der Waals surface area contributed by atoms with Gasteiger partial charge in [-0.2, -0.15) is 0 Å². The monoisotopic (exact) mass is 281 g/mol. The maximum absolute atomic E-state index is 12.4. The number of benzene rings is 1. The minimum Gasteiger partial charge on any atom is -0.398 e. The summed E-state index contributed by atoms with van der Waals surface area (Å²) in [4.78, 5) is 24.1. The van der Waals surface area contributed by atoms with Gasteiger partial charge in [-0.3, -0.25) is 14.9 Å². The third-order valence-electron chi connectivity index (χ3n) is 2.73.